The number of aliphatic hydroxyl groups is 3. The van der Waals surface area contributed by atoms with Crippen LogP contribution in [-0.2, 0) is 41.9 Å². The zero-order chi connectivity index (χ0) is 36.3. The second kappa shape index (κ2) is 14.2. The van der Waals surface area contributed by atoms with Crippen LogP contribution >= 0.6 is 0 Å². The highest BCUT2D eigenvalue weighted by Crippen LogP contribution is 2.73. The van der Waals surface area contributed by atoms with E-state index in [0.29, 0.717) is 26.2 Å². The Bertz CT molecular complexity index is 1560. The molecule has 9 heteroatoms. The number of benzene rings is 2. The van der Waals surface area contributed by atoms with E-state index in [1.54, 1.807) is 0 Å². The Morgan fingerprint density at radius 3 is 2.27 bits per heavy atom. The fourth-order valence-electron chi connectivity index (χ4n) is 11.7. The average Bonchev–Trinajstić information content (AvgIpc) is 3.85. The quantitative estimate of drug-likeness (QED) is 0.165. The van der Waals surface area contributed by atoms with Crippen LogP contribution in [0.1, 0.15) is 76.8 Å². The van der Waals surface area contributed by atoms with E-state index in [4.69, 9.17) is 28.7 Å². The monoisotopic (exact) mass is 718 g/mol. The minimum atomic E-state index is -1.87. The number of epoxide rings is 1. The summed E-state index contributed by atoms with van der Waals surface area (Å²) < 4.78 is 27.0. The summed E-state index contributed by atoms with van der Waals surface area (Å²) in [6.07, 6.45) is 3.32. The van der Waals surface area contributed by atoms with Crippen molar-refractivity contribution < 1.29 is 44.0 Å². The van der Waals surface area contributed by atoms with Gasteiger partial charge in [-0.15, -0.1) is 0 Å². The van der Waals surface area contributed by atoms with Crippen molar-refractivity contribution in [2.75, 3.05) is 19.8 Å². The lowest BCUT2D eigenvalue weighted by Gasteiger charge is -2.66. The third-order valence-corrected chi connectivity index (χ3v) is 14.2. The number of aliphatic hydroxyl groups excluding tert-OH is 2. The van der Waals surface area contributed by atoms with Gasteiger partial charge in [-0.05, 0) is 54.2 Å². The zero-order valence-electron chi connectivity index (χ0n) is 31.0. The van der Waals surface area contributed by atoms with Gasteiger partial charge >= 0.3 is 0 Å². The van der Waals surface area contributed by atoms with Gasteiger partial charge in [0.2, 0.25) is 0 Å². The summed E-state index contributed by atoms with van der Waals surface area (Å²) >= 11 is 0. The van der Waals surface area contributed by atoms with E-state index >= 15 is 0 Å². The minimum Gasteiger partial charge on any atom is -0.393 e. The first kappa shape index (κ1) is 36.8. The Morgan fingerprint density at radius 1 is 0.904 bits per heavy atom. The summed E-state index contributed by atoms with van der Waals surface area (Å²) in [6, 6.07) is 20.0. The molecule has 1 unspecified atom stereocenters. The van der Waals surface area contributed by atoms with E-state index in [9.17, 15) is 15.3 Å². The molecule has 3 N–H and O–H groups in total. The largest absolute Gasteiger partial charge is 0.393 e. The van der Waals surface area contributed by atoms with Crippen LogP contribution < -0.4 is 0 Å². The lowest BCUT2D eigenvalue weighted by molar-refractivity contribution is -0.525. The van der Waals surface area contributed by atoms with Gasteiger partial charge in [0.25, 0.3) is 0 Å². The van der Waals surface area contributed by atoms with Crippen LogP contribution in [0.5, 0.6) is 0 Å². The maximum Gasteiger partial charge on any atom is 0.151 e. The molecular formula is C43H58O9. The molecule has 0 aromatic heterocycles. The summed E-state index contributed by atoms with van der Waals surface area (Å²) in [6.45, 7) is 11.9. The van der Waals surface area contributed by atoms with Crippen LogP contribution in [0.4, 0.5) is 0 Å². The van der Waals surface area contributed by atoms with E-state index in [2.05, 4.69) is 32.6 Å². The number of rotatable bonds is 9. The van der Waals surface area contributed by atoms with Crippen LogP contribution in [0.3, 0.4) is 0 Å². The fraction of sp³-hybridized carbons (Fsp3) is 0.674. The third-order valence-electron chi connectivity index (χ3n) is 14.2. The lowest BCUT2D eigenvalue weighted by atomic mass is 9.51. The third kappa shape index (κ3) is 5.52. The molecule has 9 rings (SSSR count). The molecule has 2 aromatic rings. The molecule has 284 valence electrons. The van der Waals surface area contributed by atoms with Crippen molar-refractivity contribution in [1.82, 2.24) is 0 Å². The summed E-state index contributed by atoms with van der Waals surface area (Å²) in [5.41, 5.74) is -2.72. The molecule has 0 radical (unpaired) electrons. The van der Waals surface area contributed by atoms with E-state index in [0.717, 1.165) is 55.2 Å². The van der Waals surface area contributed by atoms with Gasteiger partial charge in [0.1, 0.15) is 35.1 Å². The SMILES string of the molecule is C=C(C)C12C[C@@H](COCc3ccccc3)[C@@]3(OO1)[C@@H]1[C@H]2OCCCCCCC[C@@H](C)[C@H]2[C@H](C)[C@H](OCc4ccccc4)[C@@](O)([C@H](O)[C@@]4(CO)O[C@@H]14)[C@@H]23. The van der Waals surface area contributed by atoms with Crippen LogP contribution in [-0.4, -0.2) is 82.0 Å². The molecule has 7 aliphatic rings. The van der Waals surface area contributed by atoms with Gasteiger partial charge in [0.05, 0.1) is 38.4 Å². The Kier molecular flexibility index (Phi) is 10.0. The minimum absolute atomic E-state index is 0.129. The highest BCUT2D eigenvalue weighted by atomic mass is 17.2. The number of fused-ring (bicyclic) bond motifs is 3. The van der Waals surface area contributed by atoms with Crippen LogP contribution in [0, 0.1) is 35.5 Å². The van der Waals surface area contributed by atoms with Crippen molar-refractivity contribution in [3.8, 4) is 0 Å². The zero-order valence-corrected chi connectivity index (χ0v) is 31.0. The normalized spacial score (nSPS) is 45.4. The predicted molar refractivity (Wildman–Crippen MR) is 194 cm³/mol. The van der Waals surface area contributed by atoms with Crippen LogP contribution in [0.2, 0.25) is 0 Å². The first-order valence-corrected chi connectivity index (χ1v) is 19.8. The van der Waals surface area contributed by atoms with Crippen molar-refractivity contribution in [3.05, 3.63) is 83.9 Å². The van der Waals surface area contributed by atoms with E-state index in [1.165, 1.54) is 0 Å². The summed E-state index contributed by atoms with van der Waals surface area (Å²) in [5.74, 6) is -1.61. The van der Waals surface area contributed by atoms with Crippen molar-refractivity contribution >= 4 is 0 Å². The smallest absolute Gasteiger partial charge is 0.151 e. The molecule has 52 heavy (non-hydrogen) atoms. The molecular weight excluding hydrogens is 660 g/mol. The molecule has 14 atom stereocenters. The van der Waals surface area contributed by atoms with Crippen LogP contribution in [0.15, 0.2) is 72.8 Å². The standard InChI is InChI=1S/C43H58O9/c1-27(2)40-22-32(25-47-23-30-17-11-8-12-18-30)43(52-51-40)34-37(40)48-21-15-7-5-6-10-16-28(3)33-29(4)36(49-24-31-19-13-9-14-20-31)42(46,35(33)43)39(45)41(26-44)38(34)50-41/h8-9,11-14,17-20,28-29,32-39,44-46H,1,5-7,10,15-16,21-26H2,2-4H3/t28-,29+,32+,33+,34-,35-,36+,37-,38+,39-,40?,41+,42-,43-/m1/s1. The number of hydrogen-bond acceptors (Lipinski definition) is 9. The molecule has 1 spiro atoms. The van der Waals surface area contributed by atoms with Crippen molar-refractivity contribution in [3.63, 3.8) is 0 Å². The predicted octanol–water partition coefficient (Wildman–Crippen LogP) is 5.93. The van der Waals surface area contributed by atoms with Gasteiger partial charge in [-0.2, -0.15) is 0 Å². The van der Waals surface area contributed by atoms with Gasteiger partial charge < -0.3 is 34.3 Å². The molecule has 5 bridgehead atoms. The summed E-state index contributed by atoms with van der Waals surface area (Å²) in [7, 11) is 0. The Morgan fingerprint density at radius 2 is 1.58 bits per heavy atom. The molecule has 4 aliphatic heterocycles. The van der Waals surface area contributed by atoms with Crippen LogP contribution in [0.25, 0.3) is 0 Å². The van der Waals surface area contributed by atoms with E-state index < -0.39 is 65.3 Å². The molecule has 4 saturated heterocycles. The van der Waals surface area contributed by atoms with Gasteiger partial charge in [0, 0.05) is 18.4 Å². The fourth-order valence-corrected chi connectivity index (χ4v) is 11.7. The summed E-state index contributed by atoms with van der Waals surface area (Å²) in [4.78, 5) is 13.7. The second-order valence-corrected chi connectivity index (χ2v) is 17.0. The van der Waals surface area contributed by atoms with Crippen molar-refractivity contribution in [2.24, 2.45) is 35.5 Å². The number of hydrogen-bond donors (Lipinski definition) is 3. The molecule has 2 aromatic carbocycles. The molecule has 9 nitrogen and oxygen atoms in total. The lowest BCUT2D eigenvalue weighted by Crippen LogP contribution is -2.78. The Balaban J connectivity index is 1.30. The first-order valence-electron chi connectivity index (χ1n) is 19.8. The van der Waals surface area contributed by atoms with Gasteiger partial charge in [0.15, 0.2) is 5.60 Å². The van der Waals surface area contributed by atoms with E-state index in [1.807, 2.05) is 55.5 Å². The molecule has 4 heterocycles. The average molecular weight is 719 g/mol. The van der Waals surface area contributed by atoms with Crippen molar-refractivity contribution in [1.29, 1.82) is 0 Å². The van der Waals surface area contributed by atoms with Crippen molar-refractivity contribution in [2.45, 2.75) is 126 Å². The van der Waals surface area contributed by atoms with Gasteiger partial charge in [-0.25, -0.2) is 9.78 Å². The maximum absolute atomic E-state index is 13.7. The number of ether oxygens (including phenoxy) is 4. The van der Waals surface area contributed by atoms with Gasteiger partial charge in [-0.3, -0.25) is 0 Å². The van der Waals surface area contributed by atoms with E-state index in [-0.39, 0.29) is 30.3 Å². The first-order chi connectivity index (χ1) is 25.1. The highest BCUT2D eigenvalue weighted by molar-refractivity contribution is 5.37. The second-order valence-electron chi connectivity index (χ2n) is 17.0. The summed E-state index contributed by atoms with van der Waals surface area (Å²) in [5, 5.41) is 37.7. The maximum atomic E-state index is 13.7. The highest BCUT2D eigenvalue weighted by Gasteiger charge is 2.88. The van der Waals surface area contributed by atoms with Gasteiger partial charge in [-0.1, -0.05) is 113 Å². The Labute approximate surface area is 308 Å². The topological polar surface area (TPSA) is 119 Å². The molecule has 3 saturated carbocycles. The molecule has 3 aliphatic carbocycles. The molecule has 7 fully saturated rings. The Hall–Kier alpha value is -2.18. The molecule has 0 amide bonds.